The first-order valence-corrected chi connectivity index (χ1v) is 3.05. The van der Waals surface area contributed by atoms with Gasteiger partial charge in [-0.25, -0.2) is 0 Å². The van der Waals surface area contributed by atoms with E-state index in [-0.39, 0.29) is 25.3 Å². The van der Waals surface area contributed by atoms with E-state index in [9.17, 15) is 9.59 Å². The molecular weight excluding hydrogens is 143 g/mol. The molecule has 0 unspecified atom stereocenters. The predicted octanol–water partition coefficient (Wildman–Crippen LogP) is -0.0766. The molecule has 0 bridgehead atoms. The molecule has 2 N–H and O–H groups in total. The molecule has 0 radical (unpaired) electrons. The Balaban J connectivity index is 0. The van der Waals surface area contributed by atoms with Gasteiger partial charge in [-0.3, -0.25) is 9.59 Å². The van der Waals surface area contributed by atoms with E-state index in [1.807, 2.05) is 0 Å². The van der Waals surface area contributed by atoms with Crippen LogP contribution >= 0.6 is 0 Å². The van der Waals surface area contributed by atoms with Crippen molar-refractivity contribution in [2.45, 2.75) is 19.8 Å². The maximum absolute atomic E-state index is 10.2. The van der Waals surface area contributed by atoms with Gasteiger partial charge >= 0.3 is 30.8 Å². The molecule has 0 heterocycles. The van der Waals surface area contributed by atoms with E-state index in [0.717, 1.165) is 0 Å². The van der Waals surface area contributed by atoms with Crippen LogP contribution in [0.15, 0.2) is 0 Å². The second-order valence-corrected chi connectivity index (χ2v) is 2.02. The Morgan fingerprint density at radius 2 is 1.64 bits per heavy atom. The molecule has 5 heteroatoms. The van der Waals surface area contributed by atoms with Crippen LogP contribution in [0.3, 0.4) is 0 Å². The minimum atomic E-state index is -1.26. The van der Waals surface area contributed by atoms with Gasteiger partial charge in [0.05, 0.1) is 0 Å². The van der Waals surface area contributed by atoms with Crippen molar-refractivity contribution < 1.29 is 19.8 Å². The third kappa shape index (κ3) is 4.88. The van der Waals surface area contributed by atoms with Crippen molar-refractivity contribution in [2.24, 2.45) is 5.92 Å². The van der Waals surface area contributed by atoms with Crippen molar-refractivity contribution in [3.8, 4) is 0 Å². The summed E-state index contributed by atoms with van der Waals surface area (Å²) in [6.07, 6.45) is 0.772. The van der Waals surface area contributed by atoms with E-state index in [2.05, 4.69) is 0 Å². The Kier molecular flexibility index (Phi) is 7.48. The average molecular weight is 154 g/mol. The first-order chi connectivity index (χ1) is 4.59. The monoisotopic (exact) mass is 154 g/mol. The number of aliphatic carboxylic acids is 2. The molecule has 0 aliphatic heterocycles. The van der Waals surface area contributed by atoms with Gasteiger partial charge in [0, 0.05) is 0 Å². The van der Waals surface area contributed by atoms with E-state index in [4.69, 9.17) is 10.2 Å². The molecular formula is C6H11LiO4. The molecule has 60 valence electrons. The van der Waals surface area contributed by atoms with Gasteiger partial charge in [0.15, 0.2) is 5.92 Å². The summed E-state index contributed by atoms with van der Waals surface area (Å²) < 4.78 is 0. The van der Waals surface area contributed by atoms with Crippen LogP contribution in [0.5, 0.6) is 0 Å². The first kappa shape index (κ1) is 13.2. The van der Waals surface area contributed by atoms with Crippen molar-refractivity contribution in [3.05, 3.63) is 0 Å². The number of carbonyl (C=O) groups is 2. The van der Waals surface area contributed by atoms with Crippen LogP contribution < -0.4 is 0 Å². The summed E-state index contributed by atoms with van der Waals surface area (Å²) in [5.74, 6) is -3.74. The summed E-state index contributed by atoms with van der Waals surface area (Å²) in [6, 6.07) is 0. The summed E-state index contributed by atoms with van der Waals surface area (Å²) in [5.41, 5.74) is 0. The second-order valence-electron chi connectivity index (χ2n) is 2.02. The Bertz CT molecular complexity index is 132. The van der Waals surface area contributed by atoms with Gasteiger partial charge in [0.1, 0.15) is 0 Å². The van der Waals surface area contributed by atoms with Gasteiger partial charge in [0.2, 0.25) is 0 Å². The zero-order chi connectivity index (χ0) is 8.15. The fourth-order valence-corrected chi connectivity index (χ4v) is 0.641. The average Bonchev–Trinajstić information content (AvgIpc) is 1.81. The number of carboxylic acids is 2. The molecule has 0 saturated carbocycles. The van der Waals surface area contributed by atoms with Crippen LogP contribution in [0.25, 0.3) is 0 Å². The van der Waals surface area contributed by atoms with Crippen LogP contribution in [-0.2, 0) is 9.59 Å². The van der Waals surface area contributed by atoms with Gasteiger partial charge < -0.3 is 10.2 Å². The second kappa shape index (κ2) is 6.26. The van der Waals surface area contributed by atoms with Crippen molar-refractivity contribution in [2.75, 3.05) is 0 Å². The maximum atomic E-state index is 10.2. The zero-order valence-corrected chi connectivity index (χ0v) is 5.70. The molecule has 0 atom stereocenters. The van der Waals surface area contributed by atoms with E-state index in [1.54, 1.807) is 6.92 Å². The molecule has 0 rings (SSSR count). The number of carboxylic acid groups (broad SMARTS) is 2. The van der Waals surface area contributed by atoms with Crippen molar-refractivity contribution in [1.29, 1.82) is 0 Å². The molecule has 0 spiro atoms. The SMILES string of the molecule is CCCC(C(=O)O)C(=O)O.[LiH]. The summed E-state index contributed by atoms with van der Waals surface area (Å²) in [7, 11) is 0. The Morgan fingerprint density at radius 1 is 1.27 bits per heavy atom. The van der Waals surface area contributed by atoms with E-state index in [1.165, 1.54) is 0 Å². The molecule has 0 saturated heterocycles. The summed E-state index contributed by atoms with van der Waals surface area (Å²) in [6.45, 7) is 1.75. The van der Waals surface area contributed by atoms with Gasteiger partial charge in [-0.1, -0.05) is 13.3 Å². The summed E-state index contributed by atoms with van der Waals surface area (Å²) in [4.78, 5) is 20.3. The Morgan fingerprint density at radius 3 is 1.73 bits per heavy atom. The van der Waals surface area contributed by atoms with Crippen molar-refractivity contribution in [1.82, 2.24) is 0 Å². The molecule has 0 aliphatic carbocycles. The summed E-state index contributed by atoms with van der Waals surface area (Å²) >= 11 is 0. The molecule has 4 nitrogen and oxygen atoms in total. The van der Waals surface area contributed by atoms with Crippen LogP contribution in [0, 0.1) is 5.92 Å². The minimum absolute atomic E-state index is 0. The van der Waals surface area contributed by atoms with Crippen LogP contribution in [0.2, 0.25) is 0 Å². The van der Waals surface area contributed by atoms with E-state index >= 15 is 0 Å². The van der Waals surface area contributed by atoms with Crippen molar-refractivity contribution in [3.63, 3.8) is 0 Å². The predicted molar refractivity (Wildman–Crippen MR) is 40.8 cm³/mol. The number of rotatable bonds is 4. The van der Waals surface area contributed by atoms with Gasteiger partial charge in [-0.15, -0.1) is 0 Å². The standard InChI is InChI=1S/C6H10O4.Li.H/c1-2-3-4(5(7)8)6(9)10;;/h4H,2-3H2,1H3,(H,7,8)(H,9,10);;. The molecule has 11 heavy (non-hydrogen) atoms. The third-order valence-corrected chi connectivity index (χ3v) is 1.17. The fourth-order valence-electron chi connectivity index (χ4n) is 0.641. The molecule has 0 aromatic carbocycles. The molecule has 0 aromatic heterocycles. The zero-order valence-electron chi connectivity index (χ0n) is 5.70. The van der Waals surface area contributed by atoms with E-state index in [0.29, 0.717) is 6.42 Å². The van der Waals surface area contributed by atoms with Crippen LogP contribution in [-0.4, -0.2) is 41.0 Å². The van der Waals surface area contributed by atoms with Gasteiger partial charge in [0.25, 0.3) is 0 Å². The Labute approximate surface area is 76.8 Å². The first-order valence-electron chi connectivity index (χ1n) is 3.05. The third-order valence-electron chi connectivity index (χ3n) is 1.17. The quantitative estimate of drug-likeness (QED) is 0.438. The molecule has 0 fully saturated rings. The Hall–Kier alpha value is -0.463. The number of hydrogen-bond acceptors (Lipinski definition) is 2. The van der Waals surface area contributed by atoms with Gasteiger partial charge in [-0.05, 0) is 6.42 Å². The van der Waals surface area contributed by atoms with Gasteiger partial charge in [-0.2, -0.15) is 0 Å². The van der Waals surface area contributed by atoms with Crippen LogP contribution in [0.4, 0.5) is 0 Å². The molecule has 0 aromatic rings. The topological polar surface area (TPSA) is 74.6 Å². The molecule has 0 amide bonds. The van der Waals surface area contributed by atoms with E-state index < -0.39 is 17.9 Å². The normalized spacial score (nSPS) is 8.91. The van der Waals surface area contributed by atoms with Crippen LogP contribution in [0.1, 0.15) is 19.8 Å². The fraction of sp³-hybridized carbons (Fsp3) is 0.667. The van der Waals surface area contributed by atoms with Crippen molar-refractivity contribution >= 4 is 30.8 Å². The molecule has 0 aliphatic rings. The summed E-state index contributed by atoms with van der Waals surface area (Å²) in [5, 5.41) is 16.6. The number of hydrogen-bond donors (Lipinski definition) is 2.